The van der Waals surface area contributed by atoms with Crippen molar-refractivity contribution in [2.75, 3.05) is 31.6 Å². The number of carbonyl (C=O) groups is 2. The number of ether oxygens (including phenoxy) is 1. The maximum absolute atomic E-state index is 14.3. The molecule has 2 aromatic carbocycles. The van der Waals surface area contributed by atoms with E-state index in [1.807, 2.05) is 38.1 Å². The molecule has 0 radical (unpaired) electrons. The Labute approximate surface area is 238 Å². The summed E-state index contributed by atoms with van der Waals surface area (Å²) in [7, 11) is 0. The molecule has 1 aliphatic heterocycles. The molecule has 39 heavy (non-hydrogen) atoms. The van der Waals surface area contributed by atoms with Gasteiger partial charge in [-0.1, -0.05) is 55.0 Å². The lowest BCUT2D eigenvalue weighted by Gasteiger charge is -2.32. The number of anilines is 1. The Morgan fingerprint density at radius 1 is 1.13 bits per heavy atom. The van der Waals surface area contributed by atoms with E-state index in [9.17, 15) is 14.0 Å². The van der Waals surface area contributed by atoms with Gasteiger partial charge in [0.2, 0.25) is 11.0 Å². The zero-order valence-corrected chi connectivity index (χ0v) is 23.7. The number of hydrogen-bond donors (Lipinski definition) is 1. The minimum atomic E-state index is -0.965. The lowest BCUT2D eigenvalue weighted by Crippen LogP contribution is -2.40. The Hall–Kier alpha value is -3.18. The normalized spacial score (nSPS) is 14.7. The van der Waals surface area contributed by atoms with Crippen LogP contribution in [-0.4, -0.2) is 53.2 Å². The third-order valence-corrected chi connectivity index (χ3v) is 8.88. The summed E-state index contributed by atoms with van der Waals surface area (Å²) in [6, 6.07) is 15.7. The van der Waals surface area contributed by atoms with Crippen LogP contribution in [0, 0.1) is 11.2 Å². The molecule has 1 N–H and O–H groups in total. The molecule has 1 saturated heterocycles. The second-order valence-electron chi connectivity index (χ2n) is 9.71. The molecular weight excluding hydrogens is 559 g/mol. The fraction of sp³-hybridized carbons (Fsp3) is 0.286. The van der Waals surface area contributed by atoms with Gasteiger partial charge in [0, 0.05) is 28.8 Å². The Morgan fingerprint density at radius 3 is 2.62 bits per heavy atom. The molecule has 0 unspecified atom stereocenters. The predicted molar refractivity (Wildman–Crippen MR) is 152 cm³/mol. The van der Waals surface area contributed by atoms with Gasteiger partial charge in [-0.05, 0) is 47.5 Å². The third-order valence-electron chi connectivity index (χ3n) is 6.76. The average Bonchev–Trinajstić information content (AvgIpc) is 3.61. The van der Waals surface area contributed by atoms with Gasteiger partial charge in [-0.2, -0.15) is 0 Å². The number of nitrogens with one attached hydrogen (secondary N) is 1. The average molecular weight is 585 g/mol. The summed E-state index contributed by atoms with van der Waals surface area (Å²) in [6.07, 6.45) is 0. The lowest BCUT2D eigenvalue weighted by atomic mass is 9.73. The maximum atomic E-state index is 14.3. The van der Waals surface area contributed by atoms with Crippen LogP contribution in [0.4, 0.5) is 9.52 Å². The van der Waals surface area contributed by atoms with E-state index in [0.29, 0.717) is 47.6 Å². The van der Waals surface area contributed by atoms with Crippen molar-refractivity contribution in [3.63, 3.8) is 0 Å². The zero-order valence-electron chi connectivity index (χ0n) is 21.3. The standard InChI is InChI=1S/C28H26ClFN4O3S2/c1-28(2,26(36)32-27-33-31-16-38-27)24(18-4-3-5-19(30)14-18)23-9-8-22(39-23)17-6-7-20(21(29)15-17)25(35)34-10-12-37-13-11-34/h3-9,14-16,24H,10-13H2,1-2H3,(H,32,33,36)/t24-/m0/s1. The number of amides is 2. The maximum Gasteiger partial charge on any atom is 0.255 e. The van der Waals surface area contributed by atoms with E-state index >= 15 is 0 Å². The molecule has 1 fully saturated rings. The van der Waals surface area contributed by atoms with Crippen LogP contribution >= 0.6 is 34.3 Å². The molecule has 1 aliphatic rings. The smallest absolute Gasteiger partial charge is 0.255 e. The van der Waals surface area contributed by atoms with Crippen LogP contribution in [0.25, 0.3) is 10.4 Å². The molecule has 202 valence electrons. The molecule has 11 heteroatoms. The van der Waals surface area contributed by atoms with Gasteiger partial charge in [-0.25, -0.2) is 4.39 Å². The first kappa shape index (κ1) is 27.4. The highest BCUT2D eigenvalue weighted by Crippen LogP contribution is 2.46. The van der Waals surface area contributed by atoms with Crippen molar-refractivity contribution in [1.29, 1.82) is 0 Å². The molecule has 0 spiro atoms. The number of thiophene rings is 1. The number of nitrogens with zero attached hydrogens (tertiary/aromatic N) is 3. The number of carbonyl (C=O) groups excluding carboxylic acids is 2. The molecule has 0 aliphatic carbocycles. The Morgan fingerprint density at radius 2 is 1.92 bits per heavy atom. The van der Waals surface area contributed by atoms with Gasteiger partial charge in [0.25, 0.3) is 5.91 Å². The molecule has 1 atom stereocenters. The molecule has 3 heterocycles. The molecule has 4 aromatic rings. The van der Waals surface area contributed by atoms with E-state index in [1.54, 1.807) is 28.6 Å². The zero-order chi connectivity index (χ0) is 27.6. The van der Waals surface area contributed by atoms with E-state index in [1.165, 1.54) is 34.8 Å². The first-order chi connectivity index (χ1) is 18.7. The Balaban J connectivity index is 1.46. The van der Waals surface area contributed by atoms with Crippen LogP contribution in [0.3, 0.4) is 0 Å². The van der Waals surface area contributed by atoms with Crippen LogP contribution in [0.2, 0.25) is 5.02 Å². The van der Waals surface area contributed by atoms with Crippen molar-refractivity contribution >= 4 is 51.2 Å². The summed E-state index contributed by atoms with van der Waals surface area (Å²) in [5.41, 5.74) is 2.57. The summed E-state index contributed by atoms with van der Waals surface area (Å²) in [4.78, 5) is 29.9. The number of halogens is 2. The number of benzene rings is 2. The van der Waals surface area contributed by atoms with Crippen molar-refractivity contribution in [2.45, 2.75) is 19.8 Å². The summed E-state index contributed by atoms with van der Waals surface area (Å²) >= 11 is 9.31. The van der Waals surface area contributed by atoms with E-state index in [0.717, 1.165) is 15.3 Å². The molecular formula is C28H26ClFN4O3S2. The monoisotopic (exact) mass is 584 g/mol. The summed E-state index contributed by atoms with van der Waals surface area (Å²) in [5, 5.41) is 11.3. The quantitative estimate of drug-likeness (QED) is 0.274. The Bertz CT molecular complexity index is 1490. The van der Waals surface area contributed by atoms with Crippen LogP contribution in [0.5, 0.6) is 0 Å². The SMILES string of the molecule is CC(C)(C(=O)Nc1nncs1)[C@@H](c1cccc(F)c1)c1ccc(-c2ccc(C(=O)N3CCOCC3)c(Cl)c2)s1. The fourth-order valence-corrected chi connectivity index (χ4v) is 6.70. The minimum absolute atomic E-state index is 0.115. The van der Waals surface area contributed by atoms with Gasteiger partial charge in [0.15, 0.2) is 0 Å². The van der Waals surface area contributed by atoms with Gasteiger partial charge in [0.05, 0.1) is 29.2 Å². The van der Waals surface area contributed by atoms with E-state index in [-0.39, 0.29) is 17.6 Å². The van der Waals surface area contributed by atoms with E-state index < -0.39 is 11.3 Å². The molecule has 5 rings (SSSR count). The van der Waals surface area contributed by atoms with Crippen LogP contribution < -0.4 is 5.32 Å². The second kappa shape index (κ2) is 11.5. The second-order valence-corrected chi connectivity index (χ2v) is 12.1. The first-order valence-corrected chi connectivity index (χ1v) is 14.4. The number of rotatable bonds is 7. The first-order valence-electron chi connectivity index (χ1n) is 12.3. The molecule has 0 saturated carbocycles. The fourth-order valence-electron chi connectivity index (χ4n) is 4.68. The lowest BCUT2D eigenvalue weighted by molar-refractivity contribution is -0.124. The largest absolute Gasteiger partial charge is 0.378 e. The van der Waals surface area contributed by atoms with Gasteiger partial charge < -0.3 is 15.0 Å². The topological polar surface area (TPSA) is 84.4 Å². The van der Waals surface area contributed by atoms with Crippen molar-refractivity contribution in [2.24, 2.45) is 5.41 Å². The Kier molecular flexibility index (Phi) is 8.08. The van der Waals surface area contributed by atoms with Crippen molar-refractivity contribution in [3.8, 4) is 10.4 Å². The van der Waals surface area contributed by atoms with Gasteiger partial charge in [0.1, 0.15) is 11.3 Å². The number of hydrogen-bond acceptors (Lipinski definition) is 7. The molecule has 7 nitrogen and oxygen atoms in total. The van der Waals surface area contributed by atoms with Crippen LogP contribution in [-0.2, 0) is 9.53 Å². The molecule has 0 bridgehead atoms. The minimum Gasteiger partial charge on any atom is -0.378 e. The van der Waals surface area contributed by atoms with Gasteiger partial charge in [-0.15, -0.1) is 21.5 Å². The number of aromatic nitrogens is 2. The number of morpholine rings is 1. The summed E-state index contributed by atoms with van der Waals surface area (Å²) in [6.45, 7) is 5.77. The molecule has 2 aromatic heterocycles. The highest BCUT2D eigenvalue weighted by molar-refractivity contribution is 7.15. The summed E-state index contributed by atoms with van der Waals surface area (Å²) in [5.74, 6) is -1.19. The molecule has 2 amide bonds. The van der Waals surface area contributed by atoms with E-state index in [2.05, 4.69) is 15.5 Å². The van der Waals surface area contributed by atoms with Crippen LogP contribution in [0.1, 0.15) is 40.6 Å². The van der Waals surface area contributed by atoms with Gasteiger partial charge >= 0.3 is 0 Å². The third kappa shape index (κ3) is 5.89. The van der Waals surface area contributed by atoms with Crippen molar-refractivity contribution in [1.82, 2.24) is 15.1 Å². The highest BCUT2D eigenvalue weighted by atomic mass is 35.5. The predicted octanol–water partition coefficient (Wildman–Crippen LogP) is 6.33. The highest BCUT2D eigenvalue weighted by Gasteiger charge is 2.40. The van der Waals surface area contributed by atoms with Crippen LogP contribution in [0.15, 0.2) is 60.1 Å². The van der Waals surface area contributed by atoms with Gasteiger partial charge in [-0.3, -0.25) is 9.59 Å². The van der Waals surface area contributed by atoms with E-state index in [4.69, 9.17) is 16.3 Å². The van der Waals surface area contributed by atoms with Crippen molar-refractivity contribution in [3.05, 3.63) is 87.0 Å². The van der Waals surface area contributed by atoms with Crippen molar-refractivity contribution < 1.29 is 18.7 Å². The summed E-state index contributed by atoms with van der Waals surface area (Å²) < 4.78 is 19.7.